The van der Waals surface area contributed by atoms with Crippen LogP contribution in [0, 0.1) is 5.92 Å². The smallest absolute Gasteiger partial charge is 0.258 e. The normalized spacial score (nSPS) is 25.2. The monoisotopic (exact) mass is 308 g/mol. The number of carbonyl (C=O) groups is 1. The third-order valence-electron chi connectivity index (χ3n) is 4.62. The summed E-state index contributed by atoms with van der Waals surface area (Å²) in [7, 11) is 0. The molecule has 0 aromatic carbocycles. The molecule has 116 valence electrons. The van der Waals surface area contributed by atoms with Crippen LogP contribution in [-0.4, -0.2) is 28.9 Å². The van der Waals surface area contributed by atoms with E-state index in [-0.39, 0.29) is 11.9 Å². The molecule has 1 amide bonds. The van der Waals surface area contributed by atoms with Crippen LogP contribution in [0.2, 0.25) is 0 Å². The van der Waals surface area contributed by atoms with Crippen molar-refractivity contribution in [3.8, 4) is 0 Å². The van der Waals surface area contributed by atoms with Gasteiger partial charge in [0.1, 0.15) is 10.6 Å². The summed E-state index contributed by atoms with van der Waals surface area (Å²) in [5.41, 5.74) is 6.55. The molecule has 2 atom stereocenters. The van der Waals surface area contributed by atoms with E-state index in [1.165, 1.54) is 43.6 Å². The minimum Gasteiger partial charge on any atom is -0.382 e. The van der Waals surface area contributed by atoms with Crippen molar-refractivity contribution in [2.24, 2.45) is 5.92 Å². The third-order valence-corrected chi connectivity index (χ3v) is 5.52. The van der Waals surface area contributed by atoms with Crippen molar-refractivity contribution >= 4 is 28.3 Å². The fourth-order valence-electron chi connectivity index (χ4n) is 3.70. The lowest BCUT2D eigenvalue weighted by molar-refractivity contribution is 0.0944. The number of carbonyl (C=O) groups excluding carboxylic acids is 1. The van der Waals surface area contributed by atoms with Gasteiger partial charge in [-0.3, -0.25) is 4.79 Å². The maximum absolute atomic E-state index is 12.4. The fourth-order valence-corrected chi connectivity index (χ4v) is 4.59. The number of anilines is 2. The zero-order valence-electron chi connectivity index (χ0n) is 12.8. The molecule has 1 aromatic heterocycles. The van der Waals surface area contributed by atoms with Gasteiger partial charge in [-0.05, 0) is 50.6 Å². The van der Waals surface area contributed by atoms with Gasteiger partial charge in [0.05, 0.1) is 0 Å². The second-order valence-electron chi connectivity index (χ2n) is 6.47. The van der Waals surface area contributed by atoms with E-state index in [9.17, 15) is 4.79 Å². The summed E-state index contributed by atoms with van der Waals surface area (Å²) in [6.07, 6.45) is 6.42. The number of rotatable bonds is 3. The number of nitrogens with one attached hydrogen (secondary N) is 1. The lowest BCUT2D eigenvalue weighted by Gasteiger charge is -2.32. The summed E-state index contributed by atoms with van der Waals surface area (Å²) >= 11 is 1.37. The molecule has 0 bridgehead atoms. The van der Waals surface area contributed by atoms with E-state index >= 15 is 0 Å². The number of nitrogens with zero attached hydrogens (tertiary/aromatic N) is 2. The topological polar surface area (TPSA) is 71.2 Å². The summed E-state index contributed by atoms with van der Waals surface area (Å²) < 4.78 is 4.24. The highest BCUT2D eigenvalue weighted by Gasteiger charge is 2.38. The van der Waals surface area contributed by atoms with E-state index in [1.807, 2.05) is 13.8 Å². The van der Waals surface area contributed by atoms with Crippen LogP contribution in [0.3, 0.4) is 0 Å². The number of fused-ring (bicyclic) bond motifs is 1. The number of nitrogen functional groups attached to an aromatic ring is 1. The lowest BCUT2D eigenvalue weighted by atomic mass is 9.85. The van der Waals surface area contributed by atoms with Gasteiger partial charge in [-0.15, -0.1) is 0 Å². The van der Waals surface area contributed by atoms with Gasteiger partial charge in [0.2, 0.25) is 0 Å². The first kappa shape index (κ1) is 14.6. The second-order valence-corrected chi connectivity index (χ2v) is 7.22. The molecular weight excluding hydrogens is 284 g/mol. The maximum atomic E-state index is 12.4. The standard InChI is InChI=1S/C15H24N4OS/c1-9(2)17-14(20)12-13(16)18-21-15(12)19-8-7-10-5-3-4-6-11(10)19/h9-11H,3-8H2,1-2H3,(H2,16,18)(H,17,20). The molecule has 6 heteroatoms. The molecule has 3 rings (SSSR count). The molecule has 2 unspecified atom stereocenters. The molecular formula is C15H24N4OS. The van der Waals surface area contributed by atoms with Crippen LogP contribution >= 0.6 is 11.5 Å². The van der Waals surface area contributed by atoms with Crippen LogP contribution in [0.1, 0.15) is 56.3 Å². The Morgan fingerprint density at radius 2 is 2.14 bits per heavy atom. The third kappa shape index (κ3) is 2.73. The Morgan fingerprint density at radius 3 is 2.90 bits per heavy atom. The SMILES string of the molecule is CC(C)NC(=O)c1c(N)nsc1N1CCC2CCCCC21. The summed E-state index contributed by atoms with van der Waals surface area (Å²) in [6, 6.07) is 0.676. The molecule has 2 aliphatic rings. The van der Waals surface area contributed by atoms with Crippen molar-refractivity contribution in [3.63, 3.8) is 0 Å². The zero-order chi connectivity index (χ0) is 15.0. The van der Waals surface area contributed by atoms with Crippen molar-refractivity contribution in [1.29, 1.82) is 0 Å². The summed E-state index contributed by atoms with van der Waals surface area (Å²) in [5, 5.41) is 3.92. The van der Waals surface area contributed by atoms with Gasteiger partial charge in [0.15, 0.2) is 5.82 Å². The first-order valence-electron chi connectivity index (χ1n) is 7.90. The molecule has 1 saturated heterocycles. The van der Waals surface area contributed by atoms with Gasteiger partial charge >= 0.3 is 0 Å². The van der Waals surface area contributed by atoms with E-state index in [1.54, 1.807) is 0 Å². The summed E-state index contributed by atoms with van der Waals surface area (Å²) in [4.78, 5) is 14.8. The van der Waals surface area contributed by atoms with Gasteiger partial charge in [-0.2, -0.15) is 4.37 Å². The average molecular weight is 308 g/mol. The van der Waals surface area contributed by atoms with Crippen LogP contribution < -0.4 is 16.0 Å². The quantitative estimate of drug-likeness (QED) is 0.900. The van der Waals surface area contributed by atoms with Gasteiger partial charge in [0.25, 0.3) is 5.91 Å². The Balaban J connectivity index is 1.87. The van der Waals surface area contributed by atoms with Crippen molar-refractivity contribution in [3.05, 3.63) is 5.56 Å². The van der Waals surface area contributed by atoms with Crippen molar-refractivity contribution in [2.75, 3.05) is 17.2 Å². The lowest BCUT2D eigenvalue weighted by Crippen LogP contribution is -2.36. The Morgan fingerprint density at radius 1 is 1.38 bits per heavy atom. The Hall–Kier alpha value is -1.30. The second kappa shape index (κ2) is 5.83. The highest BCUT2D eigenvalue weighted by Crippen LogP contribution is 2.42. The van der Waals surface area contributed by atoms with E-state index in [0.717, 1.165) is 17.5 Å². The molecule has 5 nitrogen and oxygen atoms in total. The molecule has 3 N–H and O–H groups in total. The van der Waals surface area contributed by atoms with Crippen LogP contribution in [0.25, 0.3) is 0 Å². The van der Waals surface area contributed by atoms with E-state index in [2.05, 4.69) is 14.6 Å². The van der Waals surface area contributed by atoms with E-state index < -0.39 is 0 Å². The average Bonchev–Trinajstić information content (AvgIpc) is 3.01. The number of nitrogens with two attached hydrogens (primary N) is 1. The van der Waals surface area contributed by atoms with Gasteiger partial charge in [-0.1, -0.05) is 12.8 Å². The van der Waals surface area contributed by atoms with E-state index in [4.69, 9.17) is 5.73 Å². The molecule has 1 aliphatic carbocycles. The van der Waals surface area contributed by atoms with E-state index in [0.29, 0.717) is 17.4 Å². The molecule has 1 saturated carbocycles. The molecule has 0 radical (unpaired) electrons. The minimum absolute atomic E-state index is 0.0921. The van der Waals surface area contributed by atoms with Crippen LogP contribution in [0.15, 0.2) is 0 Å². The Labute approximate surface area is 130 Å². The number of aromatic nitrogens is 1. The highest BCUT2D eigenvalue weighted by atomic mass is 32.1. The first-order chi connectivity index (χ1) is 10.1. The largest absolute Gasteiger partial charge is 0.382 e. The van der Waals surface area contributed by atoms with Gasteiger partial charge < -0.3 is 16.0 Å². The Bertz CT molecular complexity index is 528. The zero-order valence-corrected chi connectivity index (χ0v) is 13.6. The van der Waals surface area contributed by atoms with Gasteiger partial charge in [-0.25, -0.2) is 0 Å². The fraction of sp³-hybridized carbons (Fsp3) is 0.733. The molecule has 21 heavy (non-hydrogen) atoms. The number of amides is 1. The number of hydrogen-bond acceptors (Lipinski definition) is 5. The van der Waals surface area contributed by atoms with Crippen LogP contribution in [0.4, 0.5) is 10.8 Å². The predicted octanol–water partition coefficient (Wildman–Crippen LogP) is 2.63. The van der Waals surface area contributed by atoms with Crippen molar-refractivity contribution in [1.82, 2.24) is 9.69 Å². The number of hydrogen-bond donors (Lipinski definition) is 2. The summed E-state index contributed by atoms with van der Waals surface area (Å²) in [6.45, 7) is 4.94. The molecule has 2 fully saturated rings. The molecule has 1 aromatic rings. The van der Waals surface area contributed by atoms with Gasteiger partial charge in [0, 0.05) is 18.6 Å². The first-order valence-corrected chi connectivity index (χ1v) is 8.68. The van der Waals surface area contributed by atoms with Crippen LogP contribution in [-0.2, 0) is 0 Å². The minimum atomic E-state index is -0.0921. The molecule has 0 spiro atoms. The summed E-state index contributed by atoms with van der Waals surface area (Å²) in [5.74, 6) is 1.06. The maximum Gasteiger partial charge on any atom is 0.258 e. The van der Waals surface area contributed by atoms with Crippen LogP contribution in [0.5, 0.6) is 0 Å². The van der Waals surface area contributed by atoms with Crippen molar-refractivity contribution in [2.45, 2.75) is 58.0 Å². The molecule has 2 heterocycles. The van der Waals surface area contributed by atoms with Crippen molar-refractivity contribution < 1.29 is 4.79 Å². The highest BCUT2D eigenvalue weighted by molar-refractivity contribution is 7.11. The molecule has 1 aliphatic heterocycles. The predicted molar refractivity (Wildman–Crippen MR) is 86.8 cm³/mol. The Kier molecular flexibility index (Phi) is 4.06.